The minimum absolute atomic E-state index is 0.266. The number of nitrogens with one attached hydrogen (secondary N) is 1. The molecule has 0 saturated heterocycles. The molecule has 1 amide bonds. The highest BCUT2D eigenvalue weighted by atomic mass is 35.5. The van der Waals surface area contributed by atoms with Crippen molar-refractivity contribution in [3.05, 3.63) is 58.6 Å². The lowest BCUT2D eigenvalue weighted by Crippen LogP contribution is -2.30. The van der Waals surface area contributed by atoms with Crippen molar-refractivity contribution in [2.24, 2.45) is 0 Å². The van der Waals surface area contributed by atoms with Crippen molar-refractivity contribution in [3.8, 4) is 11.8 Å². The van der Waals surface area contributed by atoms with E-state index in [2.05, 4.69) is 5.32 Å². The highest BCUT2D eigenvalue weighted by Gasteiger charge is 2.15. The standard InChI is InChI=1S/C17H15ClN2O2/c1-11-9-15(7-8-16(11)18)22-12(2)17(21)20-14-5-3-13(10-19)4-6-14/h3-9,12H,1-2H3,(H,20,21). The van der Waals surface area contributed by atoms with E-state index < -0.39 is 6.10 Å². The Bertz CT molecular complexity index is 720. The van der Waals surface area contributed by atoms with E-state index in [-0.39, 0.29) is 5.91 Å². The van der Waals surface area contributed by atoms with Gasteiger partial charge in [0.2, 0.25) is 0 Å². The summed E-state index contributed by atoms with van der Waals surface area (Å²) < 4.78 is 5.61. The van der Waals surface area contributed by atoms with Gasteiger partial charge in [-0.1, -0.05) is 11.6 Å². The summed E-state index contributed by atoms with van der Waals surface area (Å²) in [5.41, 5.74) is 2.05. The molecule has 1 N–H and O–H groups in total. The minimum atomic E-state index is -0.656. The fourth-order valence-electron chi connectivity index (χ4n) is 1.82. The quantitative estimate of drug-likeness (QED) is 0.930. The summed E-state index contributed by atoms with van der Waals surface area (Å²) in [6.45, 7) is 3.54. The van der Waals surface area contributed by atoms with Gasteiger partial charge in [-0.2, -0.15) is 5.26 Å². The van der Waals surface area contributed by atoms with Crippen molar-refractivity contribution in [1.29, 1.82) is 5.26 Å². The second-order valence-electron chi connectivity index (χ2n) is 4.85. The SMILES string of the molecule is Cc1cc(OC(C)C(=O)Nc2ccc(C#N)cc2)ccc1Cl. The fourth-order valence-corrected chi connectivity index (χ4v) is 1.94. The third kappa shape index (κ3) is 4.00. The van der Waals surface area contributed by atoms with Crippen LogP contribution in [0.2, 0.25) is 5.02 Å². The Morgan fingerprint density at radius 2 is 1.95 bits per heavy atom. The number of rotatable bonds is 4. The highest BCUT2D eigenvalue weighted by Crippen LogP contribution is 2.22. The van der Waals surface area contributed by atoms with Crippen LogP contribution >= 0.6 is 11.6 Å². The fraction of sp³-hybridized carbons (Fsp3) is 0.176. The molecule has 1 unspecified atom stereocenters. The molecule has 5 heteroatoms. The lowest BCUT2D eigenvalue weighted by Gasteiger charge is -2.15. The monoisotopic (exact) mass is 314 g/mol. The minimum Gasteiger partial charge on any atom is -0.481 e. The normalized spacial score (nSPS) is 11.4. The smallest absolute Gasteiger partial charge is 0.265 e. The van der Waals surface area contributed by atoms with Gasteiger partial charge in [-0.15, -0.1) is 0 Å². The largest absolute Gasteiger partial charge is 0.481 e. The number of amides is 1. The highest BCUT2D eigenvalue weighted by molar-refractivity contribution is 6.31. The van der Waals surface area contributed by atoms with E-state index in [0.717, 1.165) is 5.56 Å². The molecular formula is C17H15ClN2O2. The van der Waals surface area contributed by atoms with Crippen LogP contribution in [0.1, 0.15) is 18.1 Å². The lowest BCUT2D eigenvalue weighted by molar-refractivity contribution is -0.122. The number of benzene rings is 2. The number of aryl methyl sites for hydroxylation is 1. The van der Waals surface area contributed by atoms with Crippen LogP contribution in [-0.2, 0) is 4.79 Å². The van der Waals surface area contributed by atoms with Gasteiger partial charge in [-0.3, -0.25) is 4.79 Å². The van der Waals surface area contributed by atoms with Crippen molar-refractivity contribution in [2.45, 2.75) is 20.0 Å². The van der Waals surface area contributed by atoms with Crippen LogP contribution in [0.5, 0.6) is 5.75 Å². The van der Waals surface area contributed by atoms with Gasteiger partial charge in [0.05, 0.1) is 11.6 Å². The number of hydrogen-bond acceptors (Lipinski definition) is 3. The van der Waals surface area contributed by atoms with Gasteiger partial charge in [0.1, 0.15) is 5.75 Å². The molecule has 1 atom stereocenters. The summed E-state index contributed by atoms with van der Waals surface area (Å²) in [6.07, 6.45) is -0.656. The molecule has 0 saturated carbocycles. The molecule has 0 bridgehead atoms. The Balaban J connectivity index is 1.99. The molecule has 0 spiro atoms. The summed E-state index contributed by atoms with van der Waals surface area (Å²) >= 11 is 5.95. The van der Waals surface area contributed by atoms with Gasteiger partial charge in [0.15, 0.2) is 6.10 Å². The molecule has 112 valence electrons. The predicted molar refractivity (Wildman–Crippen MR) is 86.1 cm³/mol. The average molecular weight is 315 g/mol. The number of nitriles is 1. The molecule has 0 fully saturated rings. The lowest BCUT2D eigenvalue weighted by atomic mass is 10.2. The Morgan fingerprint density at radius 1 is 1.27 bits per heavy atom. The maximum atomic E-state index is 12.1. The number of hydrogen-bond donors (Lipinski definition) is 1. The first-order valence-corrected chi connectivity index (χ1v) is 7.11. The number of anilines is 1. The summed E-state index contributed by atoms with van der Waals surface area (Å²) in [5.74, 6) is 0.321. The third-order valence-corrected chi connectivity index (χ3v) is 3.52. The molecule has 0 heterocycles. The van der Waals surface area contributed by atoms with Crippen LogP contribution < -0.4 is 10.1 Å². The molecule has 0 aliphatic rings. The van der Waals surface area contributed by atoms with E-state index >= 15 is 0 Å². The van der Waals surface area contributed by atoms with Crippen molar-refractivity contribution in [2.75, 3.05) is 5.32 Å². The topological polar surface area (TPSA) is 62.1 Å². The second kappa shape index (κ2) is 6.97. The van der Waals surface area contributed by atoms with Crippen molar-refractivity contribution in [3.63, 3.8) is 0 Å². The molecule has 0 aliphatic carbocycles. The van der Waals surface area contributed by atoms with Crippen molar-refractivity contribution < 1.29 is 9.53 Å². The first-order chi connectivity index (χ1) is 10.5. The number of carbonyl (C=O) groups is 1. The van der Waals surface area contributed by atoms with E-state index in [1.54, 1.807) is 49.4 Å². The van der Waals surface area contributed by atoms with Gasteiger partial charge in [-0.05, 0) is 61.9 Å². The van der Waals surface area contributed by atoms with Crippen LogP contribution in [0, 0.1) is 18.3 Å². The molecule has 2 rings (SSSR count). The Hall–Kier alpha value is -2.51. The van der Waals surface area contributed by atoms with Crippen LogP contribution in [0.25, 0.3) is 0 Å². The van der Waals surface area contributed by atoms with Crippen molar-refractivity contribution >= 4 is 23.2 Å². The summed E-state index contributed by atoms with van der Waals surface area (Å²) in [6, 6.07) is 13.9. The zero-order chi connectivity index (χ0) is 16.1. The van der Waals surface area contributed by atoms with Crippen LogP contribution in [0.3, 0.4) is 0 Å². The maximum Gasteiger partial charge on any atom is 0.265 e. The van der Waals surface area contributed by atoms with Gasteiger partial charge < -0.3 is 10.1 Å². The second-order valence-corrected chi connectivity index (χ2v) is 5.26. The Labute approximate surface area is 134 Å². The summed E-state index contributed by atoms with van der Waals surface area (Å²) in [4.78, 5) is 12.1. The van der Waals surface area contributed by atoms with Crippen LogP contribution in [0.4, 0.5) is 5.69 Å². The number of carbonyl (C=O) groups excluding carboxylic acids is 1. The van der Waals surface area contributed by atoms with Gasteiger partial charge in [0.25, 0.3) is 5.91 Å². The molecule has 0 radical (unpaired) electrons. The zero-order valence-electron chi connectivity index (χ0n) is 12.3. The predicted octanol–water partition coefficient (Wildman–Crippen LogP) is 3.93. The Kier molecular flexibility index (Phi) is 5.03. The van der Waals surface area contributed by atoms with Gasteiger partial charge in [-0.25, -0.2) is 0 Å². The van der Waals surface area contributed by atoms with Crippen LogP contribution in [-0.4, -0.2) is 12.0 Å². The number of halogens is 1. The average Bonchev–Trinajstić information content (AvgIpc) is 2.51. The summed E-state index contributed by atoms with van der Waals surface area (Å²) in [5, 5.41) is 12.1. The Morgan fingerprint density at radius 3 is 2.55 bits per heavy atom. The molecule has 22 heavy (non-hydrogen) atoms. The third-order valence-electron chi connectivity index (χ3n) is 3.09. The first kappa shape index (κ1) is 15.9. The van der Waals surface area contributed by atoms with Crippen LogP contribution in [0.15, 0.2) is 42.5 Å². The van der Waals surface area contributed by atoms with Gasteiger partial charge >= 0.3 is 0 Å². The molecule has 4 nitrogen and oxygen atoms in total. The number of nitrogens with zero attached hydrogens (tertiary/aromatic N) is 1. The molecule has 0 aromatic heterocycles. The molecule has 2 aromatic carbocycles. The maximum absolute atomic E-state index is 12.1. The van der Waals surface area contributed by atoms with Crippen molar-refractivity contribution in [1.82, 2.24) is 0 Å². The molecular weight excluding hydrogens is 300 g/mol. The van der Waals surface area contributed by atoms with E-state index in [9.17, 15) is 4.79 Å². The van der Waals surface area contributed by atoms with E-state index in [1.165, 1.54) is 0 Å². The number of ether oxygens (including phenoxy) is 1. The van der Waals surface area contributed by atoms with Gasteiger partial charge in [0, 0.05) is 10.7 Å². The van der Waals surface area contributed by atoms with E-state index in [1.807, 2.05) is 13.0 Å². The summed E-state index contributed by atoms with van der Waals surface area (Å²) in [7, 11) is 0. The molecule has 2 aromatic rings. The molecule has 0 aliphatic heterocycles. The van der Waals surface area contributed by atoms with E-state index in [0.29, 0.717) is 22.0 Å². The first-order valence-electron chi connectivity index (χ1n) is 6.73. The van der Waals surface area contributed by atoms with E-state index in [4.69, 9.17) is 21.6 Å². The zero-order valence-corrected chi connectivity index (χ0v) is 13.0.